The molecule has 0 aliphatic heterocycles. The molecule has 100 valence electrons. The summed E-state index contributed by atoms with van der Waals surface area (Å²) in [5.41, 5.74) is 1.86. The molecule has 0 saturated heterocycles. The smallest absolute Gasteiger partial charge is 0.0625 e. The third-order valence-electron chi connectivity index (χ3n) is 2.95. The van der Waals surface area contributed by atoms with E-state index in [0.717, 1.165) is 17.7 Å². The van der Waals surface area contributed by atoms with Gasteiger partial charge in [0.05, 0.1) is 16.1 Å². The van der Waals surface area contributed by atoms with Gasteiger partial charge < -0.3 is 5.11 Å². The van der Waals surface area contributed by atoms with Gasteiger partial charge in [0.25, 0.3) is 0 Å². The lowest BCUT2D eigenvalue weighted by atomic mass is 10.0. The Hall–Kier alpha value is -1.09. The number of halogens is 2. The third kappa shape index (κ3) is 4.20. The summed E-state index contributed by atoms with van der Waals surface area (Å²) in [4.78, 5) is 4.23. The van der Waals surface area contributed by atoms with Gasteiger partial charge in [-0.15, -0.1) is 0 Å². The molecule has 0 aliphatic rings. The lowest BCUT2D eigenvalue weighted by Gasteiger charge is -2.12. The Morgan fingerprint density at radius 3 is 2.68 bits per heavy atom. The molecule has 1 unspecified atom stereocenters. The van der Waals surface area contributed by atoms with Gasteiger partial charge in [0.15, 0.2) is 0 Å². The maximum Gasteiger partial charge on any atom is 0.0625 e. The zero-order valence-corrected chi connectivity index (χ0v) is 11.9. The SMILES string of the molecule is OC(CCc1ccccn1)Cc1cccc(Cl)c1Cl. The standard InChI is InChI=1S/C15H15Cl2NO/c16-14-6-3-4-11(15(14)17)10-13(19)8-7-12-5-1-2-9-18-12/h1-6,9,13,19H,7-8,10H2. The van der Waals surface area contributed by atoms with Gasteiger partial charge in [-0.05, 0) is 43.0 Å². The van der Waals surface area contributed by atoms with Crippen LogP contribution >= 0.6 is 23.2 Å². The molecule has 1 aromatic carbocycles. The van der Waals surface area contributed by atoms with Crippen LogP contribution < -0.4 is 0 Å². The summed E-state index contributed by atoms with van der Waals surface area (Å²) >= 11 is 12.0. The van der Waals surface area contributed by atoms with Crippen LogP contribution in [-0.4, -0.2) is 16.2 Å². The minimum Gasteiger partial charge on any atom is -0.393 e. The van der Waals surface area contributed by atoms with E-state index >= 15 is 0 Å². The summed E-state index contributed by atoms with van der Waals surface area (Å²) in [5, 5.41) is 11.1. The third-order valence-corrected chi connectivity index (χ3v) is 3.81. The molecule has 0 radical (unpaired) electrons. The van der Waals surface area contributed by atoms with Crippen LogP contribution in [0.2, 0.25) is 10.0 Å². The molecule has 0 aliphatic carbocycles. The summed E-state index contributed by atoms with van der Waals surface area (Å²) < 4.78 is 0. The van der Waals surface area contributed by atoms with Gasteiger partial charge in [-0.2, -0.15) is 0 Å². The molecule has 0 spiro atoms. The Bertz CT molecular complexity index is 531. The molecule has 1 atom stereocenters. The fraction of sp³-hybridized carbons (Fsp3) is 0.267. The molecular formula is C15H15Cl2NO. The minimum absolute atomic E-state index is 0.446. The number of hydrogen-bond donors (Lipinski definition) is 1. The van der Waals surface area contributed by atoms with Gasteiger partial charge >= 0.3 is 0 Å². The van der Waals surface area contributed by atoms with E-state index in [1.54, 1.807) is 12.3 Å². The Kier molecular flexibility index (Phi) is 5.20. The zero-order chi connectivity index (χ0) is 13.7. The lowest BCUT2D eigenvalue weighted by Crippen LogP contribution is -2.12. The summed E-state index contributed by atoms with van der Waals surface area (Å²) in [6, 6.07) is 11.3. The molecule has 0 bridgehead atoms. The van der Waals surface area contributed by atoms with Crippen molar-refractivity contribution in [3.63, 3.8) is 0 Å². The van der Waals surface area contributed by atoms with E-state index in [1.165, 1.54) is 0 Å². The van der Waals surface area contributed by atoms with Crippen molar-refractivity contribution in [2.45, 2.75) is 25.4 Å². The van der Waals surface area contributed by atoms with Crippen LogP contribution in [0.5, 0.6) is 0 Å². The topological polar surface area (TPSA) is 33.1 Å². The van der Waals surface area contributed by atoms with Crippen LogP contribution in [0.4, 0.5) is 0 Å². The van der Waals surface area contributed by atoms with Gasteiger partial charge in [-0.3, -0.25) is 4.98 Å². The number of aryl methyl sites for hydroxylation is 1. The minimum atomic E-state index is -0.446. The number of pyridine rings is 1. The maximum atomic E-state index is 10.0. The highest BCUT2D eigenvalue weighted by Gasteiger charge is 2.10. The highest BCUT2D eigenvalue weighted by Crippen LogP contribution is 2.26. The second-order valence-electron chi connectivity index (χ2n) is 4.43. The molecule has 1 N–H and O–H groups in total. The van der Waals surface area contributed by atoms with Crippen LogP contribution in [0, 0.1) is 0 Å². The predicted molar refractivity (Wildman–Crippen MR) is 78.7 cm³/mol. The molecule has 0 saturated carbocycles. The average Bonchev–Trinajstić information content (AvgIpc) is 2.43. The van der Waals surface area contributed by atoms with E-state index in [2.05, 4.69) is 4.98 Å². The van der Waals surface area contributed by atoms with Crippen molar-refractivity contribution >= 4 is 23.2 Å². The highest BCUT2D eigenvalue weighted by atomic mass is 35.5. The average molecular weight is 296 g/mol. The van der Waals surface area contributed by atoms with Crippen molar-refractivity contribution < 1.29 is 5.11 Å². The zero-order valence-electron chi connectivity index (χ0n) is 10.4. The largest absolute Gasteiger partial charge is 0.393 e. The van der Waals surface area contributed by atoms with Gasteiger partial charge in [0.1, 0.15) is 0 Å². The molecule has 1 aromatic heterocycles. The first-order chi connectivity index (χ1) is 9.16. The molecule has 0 amide bonds. The number of nitrogens with zero attached hydrogens (tertiary/aromatic N) is 1. The summed E-state index contributed by atoms with van der Waals surface area (Å²) in [7, 11) is 0. The predicted octanol–water partition coefficient (Wildman–Crippen LogP) is 3.92. The van der Waals surface area contributed by atoms with Gasteiger partial charge in [0, 0.05) is 11.9 Å². The van der Waals surface area contributed by atoms with Crippen molar-refractivity contribution in [1.29, 1.82) is 0 Å². The van der Waals surface area contributed by atoms with E-state index in [-0.39, 0.29) is 0 Å². The molecule has 1 heterocycles. The lowest BCUT2D eigenvalue weighted by molar-refractivity contribution is 0.165. The monoisotopic (exact) mass is 295 g/mol. The molecule has 19 heavy (non-hydrogen) atoms. The molecular weight excluding hydrogens is 281 g/mol. The van der Waals surface area contributed by atoms with Crippen molar-refractivity contribution in [3.8, 4) is 0 Å². The van der Waals surface area contributed by atoms with E-state index in [1.807, 2.05) is 30.3 Å². The van der Waals surface area contributed by atoms with Crippen molar-refractivity contribution in [2.24, 2.45) is 0 Å². The quantitative estimate of drug-likeness (QED) is 0.907. The van der Waals surface area contributed by atoms with Gasteiger partial charge in [-0.1, -0.05) is 41.4 Å². The fourth-order valence-electron chi connectivity index (χ4n) is 1.92. The van der Waals surface area contributed by atoms with Crippen LogP contribution in [0.15, 0.2) is 42.6 Å². The number of benzene rings is 1. The highest BCUT2D eigenvalue weighted by molar-refractivity contribution is 6.42. The Balaban J connectivity index is 1.91. The van der Waals surface area contributed by atoms with Crippen LogP contribution in [0.3, 0.4) is 0 Å². The fourth-order valence-corrected chi connectivity index (χ4v) is 2.32. The molecule has 2 nitrogen and oxygen atoms in total. The van der Waals surface area contributed by atoms with E-state index < -0.39 is 6.10 Å². The van der Waals surface area contributed by atoms with Crippen molar-refractivity contribution in [2.75, 3.05) is 0 Å². The van der Waals surface area contributed by atoms with E-state index in [0.29, 0.717) is 22.9 Å². The number of aliphatic hydroxyl groups is 1. The Morgan fingerprint density at radius 1 is 1.11 bits per heavy atom. The molecule has 4 heteroatoms. The number of rotatable bonds is 5. The Morgan fingerprint density at radius 2 is 1.95 bits per heavy atom. The summed E-state index contributed by atoms with van der Waals surface area (Å²) in [5.74, 6) is 0. The van der Waals surface area contributed by atoms with Gasteiger partial charge in [-0.25, -0.2) is 0 Å². The Labute approximate surface area is 123 Å². The molecule has 0 fully saturated rings. The normalized spacial score (nSPS) is 12.4. The van der Waals surface area contributed by atoms with E-state index in [4.69, 9.17) is 23.2 Å². The number of aliphatic hydroxyl groups excluding tert-OH is 1. The maximum absolute atomic E-state index is 10.0. The number of hydrogen-bond acceptors (Lipinski definition) is 2. The van der Waals surface area contributed by atoms with Crippen LogP contribution in [0.25, 0.3) is 0 Å². The number of aromatic nitrogens is 1. The second kappa shape index (κ2) is 6.90. The van der Waals surface area contributed by atoms with Crippen molar-refractivity contribution in [3.05, 3.63) is 63.9 Å². The van der Waals surface area contributed by atoms with Crippen LogP contribution in [0.1, 0.15) is 17.7 Å². The summed E-state index contributed by atoms with van der Waals surface area (Å²) in [6.07, 6.45) is 3.22. The molecule has 2 rings (SSSR count). The second-order valence-corrected chi connectivity index (χ2v) is 5.22. The first-order valence-electron chi connectivity index (χ1n) is 6.17. The van der Waals surface area contributed by atoms with Crippen molar-refractivity contribution in [1.82, 2.24) is 4.98 Å². The summed E-state index contributed by atoms with van der Waals surface area (Å²) in [6.45, 7) is 0. The first kappa shape index (κ1) is 14.3. The van der Waals surface area contributed by atoms with E-state index in [9.17, 15) is 5.11 Å². The first-order valence-corrected chi connectivity index (χ1v) is 6.93. The molecule has 2 aromatic rings. The van der Waals surface area contributed by atoms with Gasteiger partial charge in [0.2, 0.25) is 0 Å². The van der Waals surface area contributed by atoms with Crippen LogP contribution in [-0.2, 0) is 12.8 Å².